The molecule has 1 N–H and O–H groups in total. The molecule has 0 unspecified atom stereocenters. The molecule has 0 aliphatic heterocycles. The molecule has 86 valence electrons. The third kappa shape index (κ3) is 1.76. The molecule has 0 aliphatic carbocycles. The molecule has 0 fully saturated rings. The summed E-state index contributed by atoms with van der Waals surface area (Å²) in [6.45, 7) is 0. The van der Waals surface area contributed by atoms with Crippen molar-refractivity contribution < 1.29 is 16.7 Å². The summed E-state index contributed by atoms with van der Waals surface area (Å²) < 4.78 is 39.0. The van der Waals surface area contributed by atoms with Crippen molar-refractivity contribution in [2.45, 2.75) is 4.90 Å². The van der Waals surface area contributed by atoms with Gasteiger partial charge in [-0.2, -0.15) is 8.42 Å². The molecule has 9 heteroatoms. The Morgan fingerprint density at radius 1 is 1.50 bits per heavy atom. The maximum absolute atomic E-state index is 12.9. The van der Waals surface area contributed by atoms with Gasteiger partial charge in [-0.15, -0.1) is 3.89 Å². The predicted octanol–water partition coefficient (Wildman–Crippen LogP) is 2.20. The lowest BCUT2D eigenvalue weighted by atomic mass is 10.3. The Balaban J connectivity index is 3.02. The van der Waals surface area contributed by atoms with Crippen molar-refractivity contribution in [1.82, 2.24) is 4.98 Å². The number of benzene rings is 1. The van der Waals surface area contributed by atoms with Gasteiger partial charge < -0.3 is 4.42 Å². The van der Waals surface area contributed by atoms with Crippen LogP contribution >= 0.6 is 27.5 Å². The molecule has 0 radical (unpaired) electrons. The summed E-state index contributed by atoms with van der Waals surface area (Å²) in [7, 11) is -5.00. The summed E-state index contributed by atoms with van der Waals surface area (Å²) in [5.41, 5.74) is -0.0274. The Labute approximate surface area is 102 Å². The Bertz CT molecular complexity index is 735. The third-order valence-corrected chi connectivity index (χ3v) is 4.08. The lowest BCUT2D eigenvalue weighted by Crippen LogP contribution is -1.95. The number of nitrogens with one attached hydrogen (secondary N) is 1. The largest absolute Gasteiger partial charge is 0.417 e. The standard InChI is InChI=1S/C7H2BrClFNO4S/c8-2-1-3-5(15-7(12)11-3)4(9)6(2)16(10,13)14/h1H,(H,11,12). The molecule has 0 bridgehead atoms. The van der Waals surface area contributed by atoms with Gasteiger partial charge in [0.05, 0.1) is 5.52 Å². The molecule has 0 aliphatic rings. The average Bonchev–Trinajstić information content (AvgIpc) is 2.43. The topological polar surface area (TPSA) is 80.1 Å². The number of aromatic amines is 1. The maximum atomic E-state index is 12.9. The number of hydrogen-bond acceptors (Lipinski definition) is 4. The van der Waals surface area contributed by atoms with Crippen LogP contribution in [0.4, 0.5) is 3.89 Å². The lowest BCUT2D eigenvalue weighted by Gasteiger charge is -2.01. The molecule has 1 aromatic heterocycles. The van der Waals surface area contributed by atoms with E-state index < -0.39 is 25.9 Å². The van der Waals surface area contributed by atoms with Crippen molar-refractivity contribution >= 4 is 48.9 Å². The minimum Gasteiger partial charge on any atom is -0.406 e. The summed E-state index contributed by atoms with van der Waals surface area (Å²) in [6, 6.07) is 1.19. The van der Waals surface area contributed by atoms with E-state index in [1.807, 2.05) is 0 Å². The SMILES string of the molecule is O=c1[nH]c2cc(Br)c(S(=O)(=O)F)c(Cl)c2o1. The highest BCUT2D eigenvalue weighted by Gasteiger charge is 2.24. The van der Waals surface area contributed by atoms with E-state index in [1.165, 1.54) is 6.07 Å². The van der Waals surface area contributed by atoms with Gasteiger partial charge in [0, 0.05) is 4.47 Å². The molecule has 5 nitrogen and oxygen atoms in total. The molecule has 2 aromatic rings. The van der Waals surface area contributed by atoms with E-state index in [1.54, 1.807) is 0 Å². The quantitative estimate of drug-likeness (QED) is 0.813. The second kappa shape index (κ2) is 3.57. The second-order valence-corrected chi connectivity index (χ2v) is 5.35. The van der Waals surface area contributed by atoms with Gasteiger partial charge in [0.2, 0.25) is 0 Å². The molecule has 0 saturated heterocycles. The zero-order chi connectivity index (χ0) is 12.1. The highest BCUT2D eigenvalue weighted by atomic mass is 79.9. The van der Waals surface area contributed by atoms with Crippen LogP contribution in [0.1, 0.15) is 0 Å². The first-order valence-corrected chi connectivity index (χ1v) is 6.31. The van der Waals surface area contributed by atoms with E-state index >= 15 is 0 Å². The molecule has 0 atom stereocenters. The number of oxazole rings is 1. The van der Waals surface area contributed by atoms with Gasteiger partial charge >= 0.3 is 16.0 Å². The van der Waals surface area contributed by atoms with E-state index in [0.29, 0.717) is 0 Å². The van der Waals surface area contributed by atoms with E-state index in [2.05, 4.69) is 25.3 Å². The fourth-order valence-electron chi connectivity index (χ4n) is 1.23. The molecule has 0 amide bonds. The fraction of sp³-hybridized carbons (Fsp3) is 0. The van der Waals surface area contributed by atoms with Crippen LogP contribution in [0.25, 0.3) is 11.1 Å². The van der Waals surface area contributed by atoms with Crippen LogP contribution in [0.5, 0.6) is 0 Å². The average molecular weight is 331 g/mol. The minimum absolute atomic E-state index is 0.0930. The van der Waals surface area contributed by atoms with Crippen LogP contribution in [0.2, 0.25) is 5.02 Å². The first-order valence-electron chi connectivity index (χ1n) is 3.76. The van der Waals surface area contributed by atoms with Crippen LogP contribution in [-0.2, 0) is 10.2 Å². The molecule has 0 spiro atoms. The van der Waals surface area contributed by atoms with Crippen molar-refractivity contribution in [3.05, 3.63) is 26.1 Å². The molecular formula is C7H2BrClFNO4S. The number of halogens is 3. The Hall–Kier alpha value is -0.860. The van der Waals surface area contributed by atoms with Crippen molar-refractivity contribution in [2.75, 3.05) is 0 Å². The van der Waals surface area contributed by atoms with Crippen LogP contribution in [0.15, 0.2) is 24.6 Å². The van der Waals surface area contributed by atoms with Gasteiger partial charge in [-0.1, -0.05) is 11.6 Å². The van der Waals surface area contributed by atoms with Crippen molar-refractivity contribution in [2.24, 2.45) is 0 Å². The first kappa shape index (κ1) is 11.6. The Kier molecular flexibility index (Phi) is 2.59. The maximum Gasteiger partial charge on any atom is 0.417 e. The zero-order valence-electron chi connectivity index (χ0n) is 7.25. The van der Waals surface area contributed by atoms with E-state index in [4.69, 9.17) is 11.6 Å². The molecule has 1 heterocycles. The summed E-state index contributed by atoms with van der Waals surface area (Å²) in [6.07, 6.45) is 0. The minimum atomic E-state index is -5.00. The van der Waals surface area contributed by atoms with Gasteiger partial charge in [-0.3, -0.25) is 4.98 Å². The van der Waals surface area contributed by atoms with Crippen LogP contribution in [0.3, 0.4) is 0 Å². The smallest absolute Gasteiger partial charge is 0.406 e. The van der Waals surface area contributed by atoms with Crippen molar-refractivity contribution in [1.29, 1.82) is 0 Å². The van der Waals surface area contributed by atoms with Crippen LogP contribution in [0, 0.1) is 0 Å². The zero-order valence-corrected chi connectivity index (χ0v) is 10.4. The fourth-order valence-corrected chi connectivity index (χ4v) is 3.47. The number of hydrogen-bond donors (Lipinski definition) is 1. The number of aromatic nitrogens is 1. The first-order chi connectivity index (χ1) is 7.30. The second-order valence-electron chi connectivity index (χ2n) is 2.83. The Morgan fingerprint density at radius 3 is 2.69 bits per heavy atom. The highest BCUT2D eigenvalue weighted by molar-refractivity contribution is 9.10. The Morgan fingerprint density at radius 2 is 2.12 bits per heavy atom. The predicted molar refractivity (Wildman–Crippen MR) is 57.8 cm³/mol. The highest BCUT2D eigenvalue weighted by Crippen LogP contribution is 2.36. The number of H-pyrrole nitrogens is 1. The molecular weight excluding hydrogens is 329 g/mol. The van der Waals surface area contributed by atoms with Gasteiger partial charge in [-0.25, -0.2) is 4.79 Å². The summed E-state index contributed by atoms with van der Waals surface area (Å²) in [4.78, 5) is 12.4. The van der Waals surface area contributed by atoms with Crippen LogP contribution in [-0.4, -0.2) is 13.4 Å². The summed E-state index contributed by atoms with van der Waals surface area (Å²) in [5, 5.41) is -0.481. The van der Waals surface area contributed by atoms with Crippen molar-refractivity contribution in [3.8, 4) is 0 Å². The van der Waals surface area contributed by atoms with Gasteiger partial charge in [-0.05, 0) is 22.0 Å². The molecule has 1 aromatic carbocycles. The van der Waals surface area contributed by atoms with E-state index in [-0.39, 0.29) is 15.6 Å². The van der Waals surface area contributed by atoms with Gasteiger partial charge in [0.15, 0.2) is 5.58 Å². The number of fused-ring (bicyclic) bond motifs is 1. The third-order valence-electron chi connectivity index (χ3n) is 1.81. The van der Waals surface area contributed by atoms with Crippen molar-refractivity contribution in [3.63, 3.8) is 0 Å². The van der Waals surface area contributed by atoms with Gasteiger partial charge in [0.1, 0.15) is 9.92 Å². The molecule has 0 saturated carbocycles. The summed E-state index contributed by atoms with van der Waals surface area (Å²) >= 11 is 8.49. The molecule has 16 heavy (non-hydrogen) atoms. The monoisotopic (exact) mass is 329 g/mol. The van der Waals surface area contributed by atoms with Gasteiger partial charge in [0.25, 0.3) is 0 Å². The lowest BCUT2D eigenvalue weighted by molar-refractivity contribution is 0.546. The molecule has 2 rings (SSSR count). The van der Waals surface area contributed by atoms with E-state index in [9.17, 15) is 17.1 Å². The number of rotatable bonds is 1. The summed E-state index contributed by atoms with van der Waals surface area (Å²) in [5.74, 6) is -0.808. The van der Waals surface area contributed by atoms with E-state index in [0.717, 1.165) is 0 Å². The van der Waals surface area contributed by atoms with Crippen LogP contribution < -0.4 is 5.76 Å². The normalized spacial score (nSPS) is 12.2.